The Bertz CT molecular complexity index is 1580. The maximum Gasteiger partial charge on any atom is 0.433 e. The van der Waals surface area contributed by atoms with E-state index in [4.69, 9.17) is 4.52 Å². The van der Waals surface area contributed by atoms with Crippen LogP contribution in [0, 0.1) is 0 Å². The Morgan fingerprint density at radius 3 is 2.52 bits per heavy atom. The summed E-state index contributed by atoms with van der Waals surface area (Å²) in [5, 5.41) is 8.92. The van der Waals surface area contributed by atoms with E-state index in [2.05, 4.69) is 43.7 Å². The highest BCUT2D eigenvalue weighted by molar-refractivity contribution is 5.98. The van der Waals surface area contributed by atoms with Crippen LogP contribution < -0.4 is 0 Å². The highest BCUT2D eigenvalue weighted by Gasteiger charge is 2.37. The van der Waals surface area contributed by atoms with Gasteiger partial charge in [-0.25, -0.2) is 4.39 Å². The fourth-order valence-corrected chi connectivity index (χ4v) is 5.12. The first-order valence-electron chi connectivity index (χ1n) is 12.7. The van der Waals surface area contributed by atoms with Crippen LogP contribution >= 0.6 is 0 Å². The van der Waals surface area contributed by atoms with Crippen molar-refractivity contribution >= 4 is 16.9 Å². The van der Waals surface area contributed by atoms with Gasteiger partial charge in [0.2, 0.25) is 0 Å². The maximum absolute atomic E-state index is 13.4. The van der Waals surface area contributed by atoms with Gasteiger partial charge in [0.05, 0.1) is 11.6 Å². The summed E-state index contributed by atoms with van der Waals surface area (Å²) in [5.74, 6) is -0.852. The molecule has 0 bridgehead atoms. The summed E-state index contributed by atoms with van der Waals surface area (Å²) in [5.41, 5.74) is 1.02. The average Bonchev–Trinajstić information content (AvgIpc) is 3.54. The topological polar surface area (TPSA) is 106 Å². The Morgan fingerprint density at radius 1 is 1.12 bits per heavy atom. The van der Waals surface area contributed by atoms with Gasteiger partial charge < -0.3 is 14.3 Å². The van der Waals surface area contributed by atoms with Crippen LogP contribution in [-0.2, 0) is 11.0 Å². The monoisotopic (exact) mass is 556 g/mol. The van der Waals surface area contributed by atoms with Gasteiger partial charge in [-0.3, -0.25) is 19.4 Å². The molecule has 40 heavy (non-hydrogen) atoms. The lowest BCUT2D eigenvalue weighted by atomic mass is 9.96. The Balaban J connectivity index is 1.42. The highest BCUT2D eigenvalue weighted by atomic mass is 19.4. The van der Waals surface area contributed by atoms with Crippen LogP contribution in [0.3, 0.4) is 0 Å². The normalized spacial score (nSPS) is 17.4. The van der Waals surface area contributed by atoms with Gasteiger partial charge in [-0.2, -0.15) is 23.3 Å². The van der Waals surface area contributed by atoms with Crippen molar-refractivity contribution in [2.75, 3.05) is 33.2 Å². The first kappa shape index (κ1) is 26.0. The Kier molecular flexibility index (Phi) is 6.36. The van der Waals surface area contributed by atoms with E-state index in [0.717, 1.165) is 38.2 Å². The van der Waals surface area contributed by atoms with Gasteiger partial charge in [0.15, 0.2) is 11.7 Å². The van der Waals surface area contributed by atoms with Crippen LogP contribution in [-0.4, -0.2) is 78.8 Å². The van der Waals surface area contributed by atoms with Crippen molar-refractivity contribution in [2.45, 2.75) is 31.0 Å². The summed E-state index contributed by atoms with van der Waals surface area (Å²) in [6.07, 6.45) is -0.158. The van der Waals surface area contributed by atoms with Gasteiger partial charge in [0.1, 0.15) is 22.4 Å². The molecule has 0 radical (unpaired) electrons. The van der Waals surface area contributed by atoms with E-state index in [0.29, 0.717) is 33.7 Å². The van der Waals surface area contributed by atoms with Crippen LogP contribution in [0.5, 0.6) is 0 Å². The van der Waals surface area contributed by atoms with Gasteiger partial charge in [-0.1, -0.05) is 11.7 Å². The van der Waals surface area contributed by atoms with E-state index in [9.17, 15) is 22.4 Å². The molecule has 0 unspecified atom stereocenters. The van der Waals surface area contributed by atoms with E-state index in [1.807, 2.05) is 0 Å². The molecule has 0 aliphatic carbocycles. The number of pyridine rings is 2. The zero-order valence-electron chi connectivity index (χ0n) is 21.4. The summed E-state index contributed by atoms with van der Waals surface area (Å²) in [7, 11) is 2.06. The molecule has 2 aliphatic rings. The lowest BCUT2D eigenvalue weighted by molar-refractivity contribution is -0.141. The van der Waals surface area contributed by atoms with Crippen LogP contribution in [0.25, 0.3) is 33.7 Å². The SMILES string of the molecule is C=C(F)C(=O)N1CC(n2nc(-c3ccc(C(F)(F)F)nc3)c3nccc(-c4nc(C5CCN(C)CC5)no4)c32)C1. The first-order chi connectivity index (χ1) is 19.1. The minimum atomic E-state index is -4.59. The first-order valence-corrected chi connectivity index (χ1v) is 12.7. The quantitative estimate of drug-likeness (QED) is 0.266. The number of likely N-dealkylation sites (tertiary alicyclic amines) is 2. The number of piperidine rings is 1. The van der Waals surface area contributed by atoms with Crippen LogP contribution in [0.15, 0.2) is 47.5 Å². The summed E-state index contributed by atoms with van der Waals surface area (Å²) in [6, 6.07) is 3.50. The molecule has 2 fully saturated rings. The minimum absolute atomic E-state index is 0.155. The van der Waals surface area contributed by atoms with Crippen molar-refractivity contribution in [1.82, 2.24) is 39.7 Å². The second-order valence-corrected chi connectivity index (χ2v) is 10.1. The lowest BCUT2D eigenvalue weighted by Crippen LogP contribution is -2.51. The van der Waals surface area contributed by atoms with Crippen molar-refractivity contribution in [3.63, 3.8) is 0 Å². The van der Waals surface area contributed by atoms with E-state index < -0.39 is 23.6 Å². The molecule has 6 heterocycles. The van der Waals surface area contributed by atoms with Crippen LogP contribution in [0.4, 0.5) is 17.6 Å². The summed E-state index contributed by atoms with van der Waals surface area (Å²) >= 11 is 0. The third-order valence-electron chi connectivity index (χ3n) is 7.40. The van der Waals surface area contributed by atoms with Crippen molar-refractivity contribution in [3.05, 3.63) is 54.5 Å². The largest absolute Gasteiger partial charge is 0.433 e. The van der Waals surface area contributed by atoms with Crippen molar-refractivity contribution in [1.29, 1.82) is 0 Å². The number of hydrogen-bond acceptors (Lipinski definition) is 8. The van der Waals surface area contributed by atoms with Crippen molar-refractivity contribution in [2.24, 2.45) is 0 Å². The lowest BCUT2D eigenvalue weighted by Gasteiger charge is -2.39. The molecule has 14 heteroatoms. The summed E-state index contributed by atoms with van der Waals surface area (Å²) < 4.78 is 60.1. The molecule has 6 rings (SSSR count). The predicted molar refractivity (Wildman–Crippen MR) is 134 cm³/mol. The number of nitrogens with zero attached hydrogens (tertiary/aromatic N) is 8. The summed E-state index contributed by atoms with van der Waals surface area (Å²) in [6.45, 7) is 5.22. The van der Waals surface area contributed by atoms with E-state index in [-0.39, 0.29) is 30.9 Å². The smallest absolute Gasteiger partial charge is 0.334 e. The van der Waals surface area contributed by atoms with E-state index in [1.165, 1.54) is 17.2 Å². The molecular weight excluding hydrogens is 532 g/mol. The number of halogens is 4. The number of aromatic nitrogens is 6. The number of rotatable bonds is 5. The second kappa shape index (κ2) is 9.77. The van der Waals surface area contributed by atoms with E-state index in [1.54, 1.807) is 10.7 Å². The molecule has 0 atom stereocenters. The van der Waals surface area contributed by atoms with Gasteiger partial charge >= 0.3 is 6.18 Å². The van der Waals surface area contributed by atoms with Gasteiger partial charge in [0, 0.05) is 37.0 Å². The number of fused-ring (bicyclic) bond motifs is 1. The molecule has 2 aliphatic heterocycles. The third-order valence-corrected chi connectivity index (χ3v) is 7.40. The molecule has 4 aromatic rings. The molecule has 0 saturated carbocycles. The van der Waals surface area contributed by atoms with Crippen molar-refractivity contribution in [3.8, 4) is 22.7 Å². The third kappa shape index (κ3) is 4.61. The number of hydrogen-bond donors (Lipinski definition) is 0. The Hall–Kier alpha value is -4.20. The predicted octanol–water partition coefficient (Wildman–Crippen LogP) is 4.24. The van der Waals surface area contributed by atoms with E-state index >= 15 is 0 Å². The molecule has 1 amide bonds. The molecule has 0 spiro atoms. The highest BCUT2D eigenvalue weighted by Crippen LogP contribution is 2.38. The van der Waals surface area contributed by atoms with Crippen LogP contribution in [0.2, 0.25) is 0 Å². The Morgan fingerprint density at radius 2 is 1.88 bits per heavy atom. The maximum atomic E-state index is 13.4. The fraction of sp³-hybridized carbons (Fsp3) is 0.385. The summed E-state index contributed by atoms with van der Waals surface area (Å²) in [4.78, 5) is 28.3. The molecule has 0 N–H and O–H groups in total. The number of alkyl halides is 3. The zero-order chi connectivity index (χ0) is 28.2. The standard InChI is InChI=1S/C26H24F4N8O2/c1-14(27)25(39)37-12-17(13-37)38-22-18(24-33-23(35-40-24)15-6-9-36(2)10-7-15)5-8-31-21(22)20(34-38)16-3-4-19(32-11-16)26(28,29)30/h3-5,8,11,15,17H,1,6-7,9-10,12-13H2,2H3. The van der Waals surface area contributed by atoms with Gasteiger partial charge in [-0.15, -0.1) is 0 Å². The molecule has 10 nitrogen and oxygen atoms in total. The minimum Gasteiger partial charge on any atom is -0.334 e. The number of amides is 1. The molecule has 0 aromatic carbocycles. The van der Waals surface area contributed by atoms with Crippen LogP contribution in [0.1, 0.15) is 36.3 Å². The second-order valence-electron chi connectivity index (χ2n) is 10.1. The molecule has 4 aromatic heterocycles. The molecule has 208 valence electrons. The van der Waals surface area contributed by atoms with Crippen molar-refractivity contribution < 1.29 is 26.9 Å². The van der Waals surface area contributed by atoms with Gasteiger partial charge in [0.25, 0.3) is 11.8 Å². The average molecular weight is 557 g/mol. The molecular formula is C26H24F4N8O2. The zero-order valence-corrected chi connectivity index (χ0v) is 21.4. The number of carbonyl (C=O) groups excluding carboxylic acids is 1. The Labute approximate surface area is 225 Å². The van der Waals surface area contributed by atoms with Gasteiger partial charge in [-0.05, 0) is 51.2 Å². The molecule has 2 saturated heterocycles. The fourth-order valence-electron chi connectivity index (χ4n) is 5.12. The number of carbonyl (C=O) groups is 1.